The van der Waals surface area contributed by atoms with Crippen LogP contribution in [-0.4, -0.2) is 50.9 Å². The molecule has 6 heteroatoms. The third kappa shape index (κ3) is 5.69. The zero-order valence-corrected chi connectivity index (χ0v) is 22.9. The number of likely N-dealkylation sites (N-methyl/N-ethyl adjacent to an activating group) is 1. The van der Waals surface area contributed by atoms with Crippen LogP contribution in [0.3, 0.4) is 0 Å². The first-order valence-electron chi connectivity index (χ1n) is 13.7. The highest BCUT2D eigenvalue weighted by Crippen LogP contribution is 2.37. The molecule has 0 unspecified atom stereocenters. The molecule has 4 aromatic carbocycles. The van der Waals surface area contributed by atoms with Crippen molar-refractivity contribution in [2.75, 3.05) is 7.05 Å². The molecule has 4 aromatic rings. The molecule has 6 nitrogen and oxygen atoms in total. The van der Waals surface area contributed by atoms with E-state index in [0.29, 0.717) is 18.7 Å². The Labute approximate surface area is 236 Å². The van der Waals surface area contributed by atoms with Gasteiger partial charge in [-0.3, -0.25) is 14.6 Å². The fourth-order valence-electron chi connectivity index (χ4n) is 5.55. The number of imide groups is 1. The SMILES string of the molecule is C[C@H]1[C@@H](c2ccccc2)N(C(=O)[C@H]([C@H](O)c2ccccc2)N(Cc2ccccc2)Cc2ccccc2)C(=O)N1C. The lowest BCUT2D eigenvalue weighted by molar-refractivity contribution is -0.140. The molecule has 204 valence electrons. The van der Waals surface area contributed by atoms with Gasteiger partial charge in [0.05, 0.1) is 12.1 Å². The zero-order chi connectivity index (χ0) is 28.1. The monoisotopic (exact) mass is 533 g/mol. The second-order valence-corrected chi connectivity index (χ2v) is 10.4. The minimum absolute atomic E-state index is 0.231. The van der Waals surface area contributed by atoms with Crippen molar-refractivity contribution in [3.63, 3.8) is 0 Å². The Kier molecular flexibility index (Phi) is 8.39. The van der Waals surface area contributed by atoms with E-state index in [1.54, 1.807) is 11.9 Å². The minimum atomic E-state index is -1.16. The first-order chi connectivity index (χ1) is 19.5. The van der Waals surface area contributed by atoms with Crippen LogP contribution in [0.5, 0.6) is 0 Å². The molecule has 1 fully saturated rings. The molecule has 0 saturated carbocycles. The quantitative estimate of drug-likeness (QED) is 0.295. The van der Waals surface area contributed by atoms with Gasteiger partial charge in [-0.1, -0.05) is 121 Å². The van der Waals surface area contributed by atoms with Crippen LogP contribution in [-0.2, 0) is 17.9 Å². The van der Waals surface area contributed by atoms with Crippen LogP contribution in [0.15, 0.2) is 121 Å². The fourth-order valence-corrected chi connectivity index (χ4v) is 5.55. The van der Waals surface area contributed by atoms with Gasteiger partial charge in [0.25, 0.3) is 5.91 Å². The van der Waals surface area contributed by atoms with Crippen LogP contribution >= 0.6 is 0 Å². The highest BCUT2D eigenvalue weighted by molar-refractivity contribution is 5.99. The number of hydrogen-bond acceptors (Lipinski definition) is 4. The summed E-state index contributed by atoms with van der Waals surface area (Å²) in [6, 6.07) is 36.6. The minimum Gasteiger partial charge on any atom is -0.386 e. The first-order valence-corrected chi connectivity index (χ1v) is 13.7. The Morgan fingerprint density at radius 1 is 0.775 bits per heavy atom. The maximum Gasteiger partial charge on any atom is 0.327 e. The van der Waals surface area contributed by atoms with Gasteiger partial charge in [-0.25, -0.2) is 4.79 Å². The van der Waals surface area contributed by atoms with Crippen LogP contribution in [0.25, 0.3) is 0 Å². The average molecular weight is 534 g/mol. The predicted molar refractivity (Wildman–Crippen MR) is 156 cm³/mol. The zero-order valence-electron chi connectivity index (χ0n) is 22.9. The molecule has 1 saturated heterocycles. The molecule has 1 aliphatic rings. The molecule has 0 aliphatic carbocycles. The smallest absolute Gasteiger partial charge is 0.327 e. The number of carbonyl (C=O) groups excluding carboxylic acids is 2. The molecule has 1 N–H and O–H groups in total. The molecule has 40 heavy (non-hydrogen) atoms. The Morgan fingerprint density at radius 2 is 1.23 bits per heavy atom. The van der Waals surface area contributed by atoms with Crippen molar-refractivity contribution in [2.24, 2.45) is 0 Å². The topological polar surface area (TPSA) is 64.1 Å². The highest BCUT2D eigenvalue weighted by atomic mass is 16.3. The molecule has 0 aromatic heterocycles. The van der Waals surface area contributed by atoms with E-state index in [-0.39, 0.29) is 12.1 Å². The summed E-state index contributed by atoms with van der Waals surface area (Å²) in [7, 11) is 1.73. The van der Waals surface area contributed by atoms with Gasteiger partial charge in [-0.05, 0) is 29.2 Å². The lowest BCUT2D eigenvalue weighted by atomic mass is 9.95. The van der Waals surface area contributed by atoms with E-state index in [0.717, 1.165) is 16.7 Å². The largest absolute Gasteiger partial charge is 0.386 e. The standard InChI is InChI=1S/C34H35N3O3/c1-25-30(28-19-11-5-12-20-28)37(34(40)35(25)2)33(39)31(32(38)29-21-13-6-14-22-29)36(23-26-15-7-3-8-16-26)24-27-17-9-4-10-18-27/h3-22,25,30-32,38H,23-24H2,1-2H3/t25-,30-,31-,32+/m0/s1. The maximum absolute atomic E-state index is 14.7. The number of aliphatic hydroxyl groups is 1. The Morgan fingerprint density at radius 3 is 1.73 bits per heavy atom. The van der Waals surface area contributed by atoms with E-state index in [1.807, 2.05) is 133 Å². The van der Waals surface area contributed by atoms with Gasteiger partial charge in [0.15, 0.2) is 0 Å². The van der Waals surface area contributed by atoms with Crippen molar-refractivity contribution in [2.45, 2.75) is 44.2 Å². The van der Waals surface area contributed by atoms with E-state index in [1.165, 1.54) is 4.90 Å². The molecule has 0 spiro atoms. The number of carbonyl (C=O) groups is 2. The average Bonchev–Trinajstić information content (AvgIpc) is 3.22. The third-order valence-electron chi connectivity index (χ3n) is 7.78. The van der Waals surface area contributed by atoms with Gasteiger partial charge in [0.1, 0.15) is 12.1 Å². The first kappa shape index (κ1) is 27.3. The molecule has 0 radical (unpaired) electrons. The molecule has 3 amide bonds. The number of rotatable bonds is 9. The second kappa shape index (κ2) is 12.3. The Bertz CT molecular complexity index is 1360. The molecular formula is C34H35N3O3. The molecule has 0 bridgehead atoms. The van der Waals surface area contributed by atoms with E-state index in [2.05, 4.69) is 0 Å². The van der Waals surface area contributed by atoms with Gasteiger partial charge < -0.3 is 10.0 Å². The number of amides is 3. The van der Waals surface area contributed by atoms with Gasteiger partial charge in [-0.15, -0.1) is 0 Å². The third-order valence-corrected chi connectivity index (χ3v) is 7.78. The van der Waals surface area contributed by atoms with Crippen LogP contribution in [0, 0.1) is 0 Å². The molecule has 1 aliphatic heterocycles. The predicted octanol–water partition coefficient (Wildman–Crippen LogP) is 5.81. The van der Waals surface area contributed by atoms with Crippen LogP contribution in [0.4, 0.5) is 4.79 Å². The van der Waals surface area contributed by atoms with Crippen LogP contribution < -0.4 is 0 Å². The van der Waals surface area contributed by atoms with Crippen LogP contribution in [0.1, 0.15) is 41.3 Å². The van der Waals surface area contributed by atoms with Gasteiger partial charge >= 0.3 is 6.03 Å². The lowest BCUT2D eigenvalue weighted by Gasteiger charge is -2.37. The summed E-state index contributed by atoms with van der Waals surface area (Å²) in [5.41, 5.74) is 3.52. The highest BCUT2D eigenvalue weighted by Gasteiger charge is 2.49. The van der Waals surface area contributed by atoms with Crippen molar-refractivity contribution < 1.29 is 14.7 Å². The Balaban J connectivity index is 1.61. The van der Waals surface area contributed by atoms with Crippen LogP contribution in [0.2, 0.25) is 0 Å². The summed E-state index contributed by atoms with van der Waals surface area (Å²) >= 11 is 0. The van der Waals surface area contributed by atoms with Crippen molar-refractivity contribution >= 4 is 11.9 Å². The summed E-state index contributed by atoms with van der Waals surface area (Å²) in [4.78, 5) is 33.4. The van der Waals surface area contributed by atoms with Crippen molar-refractivity contribution in [1.82, 2.24) is 14.7 Å². The summed E-state index contributed by atoms with van der Waals surface area (Å²) in [5.74, 6) is -0.418. The normalized spacial score (nSPS) is 18.6. The lowest BCUT2D eigenvalue weighted by Crippen LogP contribution is -2.52. The molecular weight excluding hydrogens is 498 g/mol. The van der Waals surface area contributed by atoms with E-state index in [4.69, 9.17) is 0 Å². The number of urea groups is 1. The van der Waals surface area contributed by atoms with Gasteiger partial charge in [0.2, 0.25) is 0 Å². The van der Waals surface area contributed by atoms with Crippen molar-refractivity contribution in [3.8, 4) is 0 Å². The molecule has 4 atom stereocenters. The number of nitrogens with zero attached hydrogens (tertiary/aromatic N) is 3. The van der Waals surface area contributed by atoms with E-state index >= 15 is 0 Å². The van der Waals surface area contributed by atoms with Crippen molar-refractivity contribution in [3.05, 3.63) is 144 Å². The maximum atomic E-state index is 14.7. The van der Waals surface area contributed by atoms with E-state index in [9.17, 15) is 14.7 Å². The molecule has 1 heterocycles. The van der Waals surface area contributed by atoms with Gasteiger partial charge in [0, 0.05) is 20.1 Å². The van der Waals surface area contributed by atoms with Crippen molar-refractivity contribution in [1.29, 1.82) is 0 Å². The second-order valence-electron chi connectivity index (χ2n) is 10.4. The summed E-state index contributed by atoms with van der Waals surface area (Å²) < 4.78 is 0. The molecule has 5 rings (SSSR count). The summed E-state index contributed by atoms with van der Waals surface area (Å²) in [5, 5.41) is 11.9. The van der Waals surface area contributed by atoms with Gasteiger partial charge in [-0.2, -0.15) is 0 Å². The number of hydrogen-bond donors (Lipinski definition) is 1. The Hall–Kier alpha value is -4.26. The summed E-state index contributed by atoms with van der Waals surface area (Å²) in [6.45, 7) is 2.79. The fraction of sp³-hybridized carbons (Fsp3) is 0.235. The van der Waals surface area contributed by atoms with E-state index < -0.39 is 24.1 Å². The summed E-state index contributed by atoms with van der Waals surface area (Å²) in [6.07, 6.45) is -1.16. The number of benzene rings is 4. The number of aliphatic hydroxyl groups excluding tert-OH is 1.